The maximum atomic E-state index is 9.09. The van der Waals surface area contributed by atoms with Crippen molar-refractivity contribution in [2.24, 2.45) is 0 Å². The highest BCUT2D eigenvalue weighted by Gasteiger charge is 2.04. The first-order chi connectivity index (χ1) is 4.63. The molecule has 0 spiro atoms. The summed E-state index contributed by atoms with van der Waals surface area (Å²) in [6, 6.07) is 3.16. The number of phenolic OH excluding ortho intramolecular Hbond substituents is 1. The number of hydrogen-bond acceptors (Lipinski definition) is 2. The van der Waals surface area contributed by atoms with Gasteiger partial charge in [-0.25, -0.2) is 0 Å². The molecule has 0 amide bonds. The van der Waals surface area contributed by atoms with Gasteiger partial charge in [-0.2, -0.15) is 0 Å². The molecule has 0 saturated heterocycles. The summed E-state index contributed by atoms with van der Waals surface area (Å²) in [4.78, 5) is 0. The molecule has 0 unspecified atom stereocenters. The van der Waals surface area contributed by atoms with Crippen molar-refractivity contribution in [3.63, 3.8) is 0 Å². The van der Waals surface area contributed by atoms with Gasteiger partial charge < -0.3 is 10.8 Å². The van der Waals surface area contributed by atoms with Gasteiger partial charge in [0, 0.05) is 5.69 Å². The Morgan fingerprint density at radius 3 is 2.30 bits per heavy atom. The van der Waals surface area contributed by atoms with Gasteiger partial charge in [0.05, 0.1) is 8.95 Å². The van der Waals surface area contributed by atoms with Gasteiger partial charge in [0.15, 0.2) is 0 Å². The zero-order valence-corrected chi connectivity index (χ0v) is 8.11. The molecular weight excluding hydrogens is 262 g/mol. The molecule has 4 heteroatoms. The fraction of sp³-hybridized carbons (Fsp3) is 0. The molecule has 10 heavy (non-hydrogen) atoms. The SMILES string of the molecule is Nc1ccc(O)c(Br)c1Br. The fourth-order valence-electron chi connectivity index (χ4n) is 0.554. The minimum atomic E-state index is 0.182. The van der Waals surface area contributed by atoms with E-state index in [1.165, 1.54) is 6.07 Å². The molecule has 0 saturated carbocycles. The Morgan fingerprint density at radius 2 is 1.80 bits per heavy atom. The predicted molar refractivity (Wildman–Crippen MR) is 47.9 cm³/mol. The largest absolute Gasteiger partial charge is 0.507 e. The highest BCUT2D eigenvalue weighted by molar-refractivity contribution is 9.13. The highest BCUT2D eigenvalue weighted by atomic mass is 79.9. The van der Waals surface area contributed by atoms with E-state index in [1.54, 1.807) is 6.07 Å². The second-order valence-electron chi connectivity index (χ2n) is 1.80. The molecule has 2 nitrogen and oxygen atoms in total. The lowest BCUT2D eigenvalue weighted by Gasteiger charge is -2.01. The summed E-state index contributed by atoms with van der Waals surface area (Å²) >= 11 is 6.35. The van der Waals surface area contributed by atoms with Crippen molar-refractivity contribution in [2.75, 3.05) is 5.73 Å². The van der Waals surface area contributed by atoms with Gasteiger partial charge in [-0.15, -0.1) is 0 Å². The van der Waals surface area contributed by atoms with Crippen LogP contribution in [0.1, 0.15) is 0 Å². The Hall–Kier alpha value is -0.220. The Bertz CT molecular complexity index is 235. The minimum Gasteiger partial charge on any atom is -0.507 e. The van der Waals surface area contributed by atoms with Gasteiger partial charge in [-0.1, -0.05) is 0 Å². The van der Waals surface area contributed by atoms with Gasteiger partial charge in [-0.3, -0.25) is 0 Å². The molecule has 1 aromatic rings. The molecule has 0 bridgehead atoms. The van der Waals surface area contributed by atoms with Crippen LogP contribution in [0.25, 0.3) is 0 Å². The number of phenols is 1. The van der Waals surface area contributed by atoms with E-state index in [0.29, 0.717) is 14.6 Å². The van der Waals surface area contributed by atoms with Crippen LogP contribution >= 0.6 is 31.9 Å². The Balaban J connectivity index is 3.34. The van der Waals surface area contributed by atoms with Crippen molar-refractivity contribution in [1.82, 2.24) is 0 Å². The molecule has 0 radical (unpaired) electrons. The van der Waals surface area contributed by atoms with Crippen molar-refractivity contribution < 1.29 is 5.11 Å². The maximum Gasteiger partial charge on any atom is 0.131 e. The standard InChI is InChI=1S/C6H5Br2NO/c7-5-3(9)1-2-4(10)6(5)8/h1-2,10H,9H2. The van der Waals surface area contributed by atoms with Crippen LogP contribution in [-0.4, -0.2) is 5.11 Å². The number of rotatable bonds is 0. The molecule has 0 aliphatic carbocycles. The molecule has 1 aromatic carbocycles. The monoisotopic (exact) mass is 265 g/mol. The van der Waals surface area contributed by atoms with Crippen LogP contribution in [0.5, 0.6) is 5.75 Å². The number of halogens is 2. The third-order valence-electron chi connectivity index (χ3n) is 1.09. The lowest BCUT2D eigenvalue weighted by molar-refractivity contribution is 0.471. The third-order valence-corrected chi connectivity index (χ3v) is 3.28. The average Bonchev–Trinajstić information content (AvgIpc) is 1.93. The second-order valence-corrected chi connectivity index (χ2v) is 3.39. The second kappa shape index (κ2) is 2.80. The number of nitrogens with two attached hydrogens (primary N) is 1. The van der Waals surface area contributed by atoms with Crippen molar-refractivity contribution in [2.45, 2.75) is 0 Å². The van der Waals surface area contributed by atoms with E-state index in [0.717, 1.165) is 0 Å². The van der Waals surface area contributed by atoms with Gasteiger partial charge in [0.1, 0.15) is 5.75 Å². The minimum absolute atomic E-state index is 0.182. The molecule has 54 valence electrons. The van der Waals surface area contributed by atoms with Crippen molar-refractivity contribution >= 4 is 37.5 Å². The van der Waals surface area contributed by atoms with Crippen LogP contribution in [0.4, 0.5) is 5.69 Å². The number of nitrogen functional groups attached to an aromatic ring is 1. The summed E-state index contributed by atoms with van der Waals surface area (Å²) in [7, 11) is 0. The zero-order valence-electron chi connectivity index (χ0n) is 4.94. The lowest BCUT2D eigenvalue weighted by atomic mass is 10.3. The first kappa shape index (κ1) is 7.88. The Morgan fingerprint density at radius 1 is 1.20 bits per heavy atom. The van der Waals surface area contributed by atoms with Crippen LogP contribution in [-0.2, 0) is 0 Å². The number of benzene rings is 1. The van der Waals surface area contributed by atoms with E-state index in [9.17, 15) is 0 Å². The van der Waals surface area contributed by atoms with Crippen LogP contribution < -0.4 is 5.73 Å². The summed E-state index contributed by atoms with van der Waals surface area (Å²) in [5.74, 6) is 0.182. The summed E-state index contributed by atoms with van der Waals surface area (Å²) in [6.07, 6.45) is 0. The van der Waals surface area contributed by atoms with Crippen LogP contribution in [0.15, 0.2) is 21.1 Å². The van der Waals surface area contributed by atoms with Crippen LogP contribution in [0.2, 0.25) is 0 Å². The molecule has 3 N–H and O–H groups in total. The van der Waals surface area contributed by atoms with Gasteiger partial charge in [-0.05, 0) is 44.0 Å². The average molecular weight is 267 g/mol. The summed E-state index contributed by atoms with van der Waals surface area (Å²) < 4.78 is 1.28. The van der Waals surface area contributed by atoms with E-state index in [1.807, 2.05) is 0 Å². The van der Waals surface area contributed by atoms with E-state index >= 15 is 0 Å². The molecule has 0 aromatic heterocycles. The van der Waals surface area contributed by atoms with Crippen LogP contribution in [0, 0.1) is 0 Å². The first-order valence-electron chi connectivity index (χ1n) is 2.55. The predicted octanol–water partition coefficient (Wildman–Crippen LogP) is 2.50. The summed E-state index contributed by atoms with van der Waals surface area (Å²) in [5.41, 5.74) is 6.10. The fourth-order valence-corrected chi connectivity index (χ4v) is 1.25. The molecule has 0 fully saturated rings. The number of hydrogen-bond donors (Lipinski definition) is 2. The summed E-state index contributed by atoms with van der Waals surface area (Å²) in [6.45, 7) is 0. The zero-order chi connectivity index (χ0) is 7.72. The quantitative estimate of drug-likeness (QED) is 0.560. The van der Waals surface area contributed by atoms with Gasteiger partial charge in [0.25, 0.3) is 0 Å². The highest BCUT2D eigenvalue weighted by Crippen LogP contribution is 2.35. The normalized spacial score (nSPS) is 9.80. The Kier molecular flexibility index (Phi) is 2.21. The molecule has 0 aliphatic heterocycles. The summed E-state index contributed by atoms with van der Waals surface area (Å²) in [5, 5.41) is 9.09. The number of aromatic hydroxyl groups is 1. The van der Waals surface area contributed by atoms with Crippen molar-refractivity contribution in [3.05, 3.63) is 21.1 Å². The van der Waals surface area contributed by atoms with Crippen molar-refractivity contribution in [3.8, 4) is 5.75 Å². The van der Waals surface area contributed by atoms with E-state index < -0.39 is 0 Å². The molecule has 0 heterocycles. The van der Waals surface area contributed by atoms with Crippen LogP contribution in [0.3, 0.4) is 0 Å². The first-order valence-corrected chi connectivity index (χ1v) is 4.14. The van der Waals surface area contributed by atoms with E-state index in [-0.39, 0.29) is 5.75 Å². The molecular formula is C6H5Br2NO. The van der Waals surface area contributed by atoms with Gasteiger partial charge in [0.2, 0.25) is 0 Å². The smallest absolute Gasteiger partial charge is 0.131 e. The van der Waals surface area contributed by atoms with E-state index in [2.05, 4.69) is 31.9 Å². The topological polar surface area (TPSA) is 46.2 Å². The van der Waals surface area contributed by atoms with E-state index in [4.69, 9.17) is 10.8 Å². The molecule has 0 atom stereocenters. The lowest BCUT2D eigenvalue weighted by Crippen LogP contribution is -1.86. The van der Waals surface area contributed by atoms with Gasteiger partial charge >= 0.3 is 0 Å². The number of anilines is 1. The van der Waals surface area contributed by atoms with Crippen molar-refractivity contribution in [1.29, 1.82) is 0 Å². The Labute approximate surface area is 75.3 Å². The maximum absolute atomic E-state index is 9.09. The third kappa shape index (κ3) is 1.27. The molecule has 1 rings (SSSR count). The molecule has 0 aliphatic rings.